The third-order valence-corrected chi connectivity index (χ3v) is 34.3. The van der Waals surface area contributed by atoms with Crippen molar-refractivity contribution in [2.24, 2.45) is 0 Å². The summed E-state index contributed by atoms with van der Waals surface area (Å²) in [6, 6.07) is 0. The van der Waals surface area contributed by atoms with E-state index in [9.17, 15) is 0 Å². The van der Waals surface area contributed by atoms with Gasteiger partial charge in [0, 0.05) is 0 Å². The molecular formula is C14H24N4S4Sn. The van der Waals surface area contributed by atoms with Gasteiger partial charge in [-0.2, -0.15) is 0 Å². The fraction of sp³-hybridized carbons (Fsp3) is 0.714. The molecule has 0 radical (unpaired) electrons. The Bertz CT molecular complexity index is 549. The second-order valence-corrected chi connectivity index (χ2v) is 33.3. The van der Waals surface area contributed by atoms with Gasteiger partial charge in [-0.3, -0.25) is 0 Å². The molecule has 2 aromatic rings. The van der Waals surface area contributed by atoms with Crippen molar-refractivity contribution in [1.29, 1.82) is 0 Å². The molecule has 2 aromatic heterocycles. The van der Waals surface area contributed by atoms with Crippen molar-refractivity contribution in [1.82, 2.24) is 20.4 Å². The van der Waals surface area contributed by atoms with Crippen LogP contribution in [0.4, 0.5) is 0 Å². The molecule has 0 aliphatic heterocycles. The van der Waals surface area contributed by atoms with Crippen molar-refractivity contribution in [3.8, 4) is 0 Å². The topological polar surface area (TPSA) is 51.6 Å². The molecule has 2 rings (SSSR count). The van der Waals surface area contributed by atoms with Gasteiger partial charge in [-0.05, 0) is 0 Å². The van der Waals surface area contributed by atoms with E-state index in [0.717, 1.165) is 10.0 Å². The number of hydrogen-bond acceptors (Lipinski definition) is 8. The molecule has 0 aromatic carbocycles. The normalized spacial score (nSPS) is 12.0. The second-order valence-electron chi connectivity index (χ2n) is 5.50. The van der Waals surface area contributed by atoms with E-state index >= 15 is 0 Å². The molecule has 128 valence electrons. The van der Waals surface area contributed by atoms with Gasteiger partial charge >= 0.3 is 158 Å². The van der Waals surface area contributed by atoms with Crippen molar-refractivity contribution >= 4 is 56.2 Å². The molecule has 2 heterocycles. The molecule has 0 bridgehead atoms. The number of aromatic nitrogens is 4. The minimum absolute atomic E-state index is 1.07. The molecule has 0 aliphatic carbocycles. The molecular weight excluding hydrogens is 471 g/mol. The summed E-state index contributed by atoms with van der Waals surface area (Å²) in [5.74, 6) is 0. The summed E-state index contributed by atoms with van der Waals surface area (Å²) >= 11 is 0.960. The van der Waals surface area contributed by atoms with Gasteiger partial charge in [0.2, 0.25) is 0 Å². The zero-order chi connectivity index (χ0) is 16.7. The Labute approximate surface area is 156 Å². The van der Waals surface area contributed by atoms with Crippen LogP contribution >= 0.6 is 40.6 Å². The van der Waals surface area contributed by atoms with E-state index in [1.54, 1.807) is 22.7 Å². The predicted molar refractivity (Wildman–Crippen MR) is 106 cm³/mol. The molecule has 4 nitrogen and oxygen atoms in total. The molecule has 0 saturated heterocycles. The van der Waals surface area contributed by atoms with Crippen molar-refractivity contribution < 1.29 is 0 Å². The van der Waals surface area contributed by atoms with Gasteiger partial charge in [-0.15, -0.1) is 0 Å². The van der Waals surface area contributed by atoms with Crippen molar-refractivity contribution in [3.63, 3.8) is 0 Å². The van der Waals surface area contributed by atoms with Crippen molar-refractivity contribution in [2.75, 3.05) is 0 Å². The summed E-state index contributed by atoms with van der Waals surface area (Å²) < 4.78 is 5.08. The zero-order valence-electron chi connectivity index (χ0n) is 14.2. The number of aryl methyl sites for hydroxylation is 2. The van der Waals surface area contributed by atoms with E-state index in [-0.39, 0.29) is 0 Å². The Morgan fingerprint density at radius 1 is 0.783 bits per heavy atom. The van der Waals surface area contributed by atoms with Crippen molar-refractivity contribution in [2.45, 2.75) is 70.9 Å². The fourth-order valence-corrected chi connectivity index (χ4v) is 39.7. The number of unbranched alkanes of at least 4 members (excludes halogenated alkanes) is 2. The summed E-state index contributed by atoms with van der Waals surface area (Å²) in [7, 11) is 4.20. The summed E-state index contributed by atoms with van der Waals surface area (Å²) in [5.41, 5.74) is 0. The first kappa shape index (κ1) is 19.9. The first-order valence-corrected chi connectivity index (χ1v) is 22.3. The SMILES string of the molecule is CCC[CH2][Sn]([CH2]CCC)([S]c1nnc(C)s1)[S]c1nnc(C)s1. The van der Waals surface area contributed by atoms with Gasteiger partial charge < -0.3 is 0 Å². The Morgan fingerprint density at radius 3 is 1.52 bits per heavy atom. The van der Waals surface area contributed by atoms with Crippen LogP contribution in [-0.4, -0.2) is 36.0 Å². The quantitative estimate of drug-likeness (QED) is 0.381. The summed E-state index contributed by atoms with van der Waals surface area (Å²) in [5, 5.41) is 19.4. The Morgan fingerprint density at radius 2 is 1.22 bits per heavy atom. The predicted octanol–water partition coefficient (Wildman–Crippen LogP) is 5.93. The van der Waals surface area contributed by atoms with Crippen LogP contribution in [0.1, 0.15) is 49.5 Å². The van der Waals surface area contributed by atoms with Gasteiger partial charge in [-0.25, -0.2) is 0 Å². The van der Waals surface area contributed by atoms with E-state index < -0.39 is 15.6 Å². The van der Waals surface area contributed by atoms with Gasteiger partial charge in [-0.1, -0.05) is 0 Å². The molecule has 0 spiro atoms. The molecule has 0 aliphatic rings. The standard InChI is InChI=1S/2C4H9.2C3H4N2S2.Sn/c2*1-3-4-2;2*1-2-4-5-3(6)7-2;/h2*1,3-4H2,2H3;2*1H3,(H,5,6);/q;;;;+2/p-2. The number of nitrogens with zero attached hydrogens (tertiary/aromatic N) is 4. The van der Waals surface area contributed by atoms with Crippen LogP contribution < -0.4 is 0 Å². The maximum absolute atomic E-state index is 4.40. The molecule has 0 amide bonds. The molecule has 0 N–H and O–H groups in total. The number of rotatable bonds is 10. The first-order valence-electron chi connectivity index (χ1n) is 8.05. The molecule has 0 saturated carbocycles. The van der Waals surface area contributed by atoms with Crippen LogP contribution in [-0.2, 0) is 0 Å². The van der Waals surface area contributed by atoms with E-state index in [1.165, 1.54) is 43.2 Å². The van der Waals surface area contributed by atoms with Crippen molar-refractivity contribution in [3.05, 3.63) is 10.0 Å². The molecule has 9 heteroatoms. The summed E-state index contributed by atoms with van der Waals surface area (Å²) in [6.45, 7) is 8.66. The molecule has 0 unspecified atom stereocenters. The maximum atomic E-state index is 4.40. The Kier molecular flexibility index (Phi) is 8.61. The molecule has 0 atom stereocenters. The van der Waals surface area contributed by atoms with Crippen LogP contribution in [0.2, 0.25) is 8.87 Å². The average Bonchev–Trinajstić information content (AvgIpc) is 3.11. The third-order valence-electron chi connectivity index (χ3n) is 3.38. The number of hydrogen-bond donors (Lipinski definition) is 0. The summed E-state index contributed by atoms with van der Waals surface area (Å²) in [4.78, 5) is 0. The van der Waals surface area contributed by atoms with E-state index in [4.69, 9.17) is 0 Å². The Balaban J connectivity index is 2.23. The summed E-state index contributed by atoms with van der Waals surface area (Å²) in [6.07, 6.45) is 5.15. The van der Waals surface area contributed by atoms with Crippen LogP contribution in [0.25, 0.3) is 0 Å². The van der Waals surface area contributed by atoms with Gasteiger partial charge in [0.15, 0.2) is 0 Å². The average molecular weight is 495 g/mol. The monoisotopic (exact) mass is 496 g/mol. The van der Waals surface area contributed by atoms with Crippen LogP contribution in [0.5, 0.6) is 0 Å². The first-order chi connectivity index (χ1) is 11.1. The molecule has 23 heavy (non-hydrogen) atoms. The van der Waals surface area contributed by atoms with Gasteiger partial charge in [0.1, 0.15) is 0 Å². The fourth-order valence-electron chi connectivity index (χ4n) is 2.20. The third kappa shape index (κ3) is 6.45. The zero-order valence-corrected chi connectivity index (χ0v) is 20.3. The Hall–Kier alpha value is 0.619. The van der Waals surface area contributed by atoms with Gasteiger partial charge in [0.05, 0.1) is 0 Å². The van der Waals surface area contributed by atoms with Gasteiger partial charge in [0.25, 0.3) is 0 Å². The second kappa shape index (κ2) is 9.94. The van der Waals surface area contributed by atoms with Crippen LogP contribution in [0.3, 0.4) is 0 Å². The van der Waals surface area contributed by atoms with Crippen LogP contribution in [0.15, 0.2) is 8.68 Å². The van der Waals surface area contributed by atoms with E-state index in [0.29, 0.717) is 0 Å². The van der Waals surface area contributed by atoms with E-state index in [1.807, 2.05) is 13.8 Å². The van der Waals surface area contributed by atoms with E-state index in [2.05, 4.69) is 52.1 Å². The van der Waals surface area contributed by atoms with Crippen LogP contribution in [0, 0.1) is 13.8 Å². The minimum atomic E-state index is -2.53. The molecule has 0 fully saturated rings.